The summed E-state index contributed by atoms with van der Waals surface area (Å²) in [5, 5.41) is 0. The average Bonchev–Trinajstić information content (AvgIpc) is 2.64. The highest BCUT2D eigenvalue weighted by Crippen LogP contribution is 2.45. The number of H-pyrrole nitrogens is 1. The van der Waals surface area contributed by atoms with Gasteiger partial charge in [-0.15, -0.1) is 0 Å². The molecule has 0 spiro atoms. The molecule has 1 aliphatic carbocycles. The molecule has 0 unspecified atom stereocenters. The summed E-state index contributed by atoms with van der Waals surface area (Å²) in [6.45, 7) is 1.61. The molecule has 7 nitrogen and oxygen atoms in total. The van der Waals surface area contributed by atoms with Crippen molar-refractivity contribution in [3.05, 3.63) is 92.3 Å². The van der Waals surface area contributed by atoms with Crippen molar-refractivity contribution in [3.63, 3.8) is 0 Å². The van der Waals surface area contributed by atoms with Crippen LogP contribution in [0.25, 0.3) is 11.1 Å². The molecule has 28 heavy (non-hydrogen) atoms. The zero-order chi connectivity index (χ0) is 20.1. The minimum absolute atomic E-state index is 0.369. The van der Waals surface area contributed by atoms with Gasteiger partial charge in [0.15, 0.2) is 0 Å². The van der Waals surface area contributed by atoms with Crippen molar-refractivity contribution >= 4 is 10.0 Å². The van der Waals surface area contributed by atoms with Gasteiger partial charge < -0.3 is 0 Å². The predicted molar refractivity (Wildman–Crippen MR) is 107 cm³/mol. The molecule has 0 aliphatic heterocycles. The van der Waals surface area contributed by atoms with Gasteiger partial charge in [-0.1, -0.05) is 48.5 Å². The van der Waals surface area contributed by atoms with Crippen LogP contribution in [0, 0.1) is 6.92 Å². The molecule has 3 aromatic rings. The van der Waals surface area contributed by atoms with Gasteiger partial charge >= 0.3 is 5.69 Å². The van der Waals surface area contributed by atoms with E-state index in [0.29, 0.717) is 5.56 Å². The van der Waals surface area contributed by atoms with E-state index < -0.39 is 33.4 Å². The van der Waals surface area contributed by atoms with E-state index in [9.17, 15) is 18.0 Å². The van der Waals surface area contributed by atoms with Gasteiger partial charge in [-0.3, -0.25) is 14.3 Å². The Balaban J connectivity index is 2.06. The fraction of sp³-hybridized carbons (Fsp3) is 0.200. The average molecular weight is 397 g/mol. The third-order valence-electron chi connectivity index (χ3n) is 4.97. The number of hydrogen-bond donors (Lipinski definition) is 2. The summed E-state index contributed by atoms with van der Waals surface area (Å²) in [6, 6.07) is 13.7. The van der Waals surface area contributed by atoms with Crippen LogP contribution in [0.15, 0.2) is 64.3 Å². The molecule has 0 saturated carbocycles. The monoisotopic (exact) mass is 397 g/mol. The molecule has 1 heterocycles. The molecule has 2 atom stereocenters. The number of aryl methyl sites for hydroxylation is 1. The molecule has 0 saturated heterocycles. The van der Waals surface area contributed by atoms with Gasteiger partial charge in [0, 0.05) is 11.8 Å². The highest BCUT2D eigenvalue weighted by molar-refractivity contribution is 7.88. The summed E-state index contributed by atoms with van der Waals surface area (Å²) < 4.78 is 28.4. The van der Waals surface area contributed by atoms with E-state index in [1.807, 2.05) is 48.5 Å². The van der Waals surface area contributed by atoms with Crippen molar-refractivity contribution in [1.29, 1.82) is 0 Å². The maximum atomic E-state index is 12.7. The summed E-state index contributed by atoms with van der Waals surface area (Å²) in [5.74, 6) is 0. The highest BCUT2D eigenvalue weighted by atomic mass is 32.2. The summed E-state index contributed by atoms with van der Waals surface area (Å²) >= 11 is 0. The van der Waals surface area contributed by atoms with Gasteiger partial charge in [0.25, 0.3) is 5.56 Å². The van der Waals surface area contributed by atoms with E-state index in [1.54, 1.807) is 6.92 Å². The van der Waals surface area contributed by atoms with Gasteiger partial charge in [0.1, 0.15) is 0 Å². The molecule has 1 aliphatic rings. The van der Waals surface area contributed by atoms with Crippen molar-refractivity contribution in [2.24, 2.45) is 0 Å². The first kappa shape index (κ1) is 18.4. The van der Waals surface area contributed by atoms with Crippen LogP contribution in [0.3, 0.4) is 0 Å². The number of fused-ring (bicyclic) bond motifs is 3. The van der Waals surface area contributed by atoms with E-state index in [4.69, 9.17) is 0 Å². The second-order valence-corrected chi connectivity index (χ2v) is 8.75. The Morgan fingerprint density at radius 3 is 2.18 bits per heavy atom. The SMILES string of the molecule is Cc1cn([C@@H]2c3ccccc3-c3ccccc3[C@H]2NS(C)(=O)=O)c(=O)[nH]c1=O. The lowest BCUT2D eigenvalue weighted by Gasteiger charge is -2.36. The first-order valence-corrected chi connectivity index (χ1v) is 10.6. The molecule has 2 N–H and O–H groups in total. The molecule has 144 valence electrons. The molecule has 2 aromatic carbocycles. The zero-order valence-electron chi connectivity index (χ0n) is 15.3. The van der Waals surface area contributed by atoms with Crippen LogP contribution >= 0.6 is 0 Å². The lowest BCUT2D eigenvalue weighted by molar-refractivity contribution is 0.426. The molecule has 0 radical (unpaired) electrons. The number of hydrogen-bond acceptors (Lipinski definition) is 4. The molecule has 8 heteroatoms. The maximum absolute atomic E-state index is 12.7. The number of nitrogens with one attached hydrogen (secondary N) is 2. The van der Waals surface area contributed by atoms with Gasteiger partial charge in [-0.05, 0) is 29.2 Å². The minimum Gasteiger partial charge on any atom is -0.291 e. The second kappa shape index (κ2) is 6.57. The Bertz CT molecular complexity index is 1290. The van der Waals surface area contributed by atoms with E-state index in [-0.39, 0.29) is 0 Å². The van der Waals surface area contributed by atoms with Crippen LogP contribution in [0.4, 0.5) is 0 Å². The van der Waals surface area contributed by atoms with Crippen molar-refractivity contribution in [2.45, 2.75) is 19.0 Å². The van der Waals surface area contributed by atoms with E-state index in [2.05, 4.69) is 9.71 Å². The fourth-order valence-electron chi connectivity index (χ4n) is 3.83. The van der Waals surface area contributed by atoms with Gasteiger partial charge in [-0.25, -0.2) is 17.9 Å². The van der Waals surface area contributed by atoms with Crippen LogP contribution in [-0.4, -0.2) is 24.2 Å². The standard InChI is InChI=1S/C20H19N3O4S/c1-12-11-23(20(25)21-19(12)24)18-16-10-6-4-8-14(16)13-7-3-5-9-15(13)17(18)22-28(2,26)27/h3-11,17-18,22H,1-2H3,(H,21,24,25)/t17-,18-/m1/s1. The number of sulfonamides is 1. The summed E-state index contributed by atoms with van der Waals surface area (Å²) in [7, 11) is -3.58. The van der Waals surface area contributed by atoms with E-state index in [1.165, 1.54) is 10.8 Å². The summed E-state index contributed by atoms with van der Waals surface area (Å²) in [5.41, 5.74) is 2.72. The summed E-state index contributed by atoms with van der Waals surface area (Å²) in [4.78, 5) is 26.8. The van der Waals surface area contributed by atoms with Crippen LogP contribution in [0.2, 0.25) is 0 Å². The Morgan fingerprint density at radius 2 is 1.54 bits per heavy atom. The Labute approximate surface area is 161 Å². The zero-order valence-corrected chi connectivity index (χ0v) is 16.2. The lowest BCUT2D eigenvalue weighted by Crippen LogP contribution is -2.42. The van der Waals surface area contributed by atoms with Gasteiger partial charge in [0.2, 0.25) is 10.0 Å². The van der Waals surface area contributed by atoms with Crippen LogP contribution in [0.5, 0.6) is 0 Å². The Hall–Kier alpha value is -2.97. The smallest absolute Gasteiger partial charge is 0.291 e. The van der Waals surface area contributed by atoms with Crippen molar-refractivity contribution in [1.82, 2.24) is 14.3 Å². The molecule has 4 rings (SSSR count). The molecule has 0 amide bonds. The van der Waals surface area contributed by atoms with Gasteiger partial charge in [0.05, 0.1) is 18.3 Å². The first-order valence-electron chi connectivity index (χ1n) is 8.74. The van der Waals surface area contributed by atoms with Crippen molar-refractivity contribution in [3.8, 4) is 11.1 Å². The quantitative estimate of drug-likeness (QED) is 0.702. The van der Waals surface area contributed by atoms with Crippen LogP contribution < -0.4 is 16.0 Å². The highest BCUT2D eigenvalue weighted by Gasteiger charge is 2.37. The molecule has 0 fully saturated rings. The lowest BCUT2D eigenvalue weighted by atomic mass is 9.79. The van der Waals surface area contributed by atoms with Gasteiger partial charge in [-0.2, -0.15) is 0 Å². The topological polar surface area (TPSA) is 101 Å². The number of aromatic amines is 1. The van der Waals surface area contributed by atoms with Crippen LogP contribution in [-0.2, 0) is 10.0 Å². The number of rotatable bonds is 3. The third-order valence-corrected chi connectivity index (χ3v) is 5.65. The normalized spacial score (nSPS) is 18.4. The van der Waals surface area contributed by atoms with E-state index >= 15 is 0 Å². The van der Waals surface area contributed by atoms with E-state index in [0.717, 1.165) is 28.5 Å². The maximum Gasteiger partial charge on any atom is 0.328 e. The van der Waals surface area contributed by atoms with Crippen molar-refractivity contribution < 1.29 is 8.42 Å². The Morgan fingerprint density at radius 1 is 0.964 bits per heavy atom. The molecule has 1 aromatic heterocycles. The molecular formula is C20H19N3O4S. The Kier molecular flexibility index (Phi) is 4.32. The molecule has 0 bridgehead atoms. The first-order chi connectivity index (χ1) is 13.3. The largest absolute Gasteiger partial charge is 0.328 e. The summed E-state index contributed by atoms with van der Waals surface area (Å²) in [6.07, 6.45) is 2.57. The minimum atomic E-state index is -3.58. The number of nitrogens with zero attached hydrogens (tertiary/aromatic N) is 1. The molecular weight excluding hydrogens is 378 g/mol. The van der Waals surface area contributed by atoms with Crippen LogP contribution in [0.1, 0.15) is 28.8 Å². The predicted octanol–water partition coefficient (Wildman–Crippen LogP) is 1.71. The third kappa shape index (κ3) is 3.10. The second-order valence-electron chi connectivity index (χ2n) is 6.97. The number of benzene rings is 2. The number of aromatic nitrogens is 2. The van der Waals surface area contributed by atoms with Crippen molar-refractivity contribution in [2.75, 3.05) is 6.26 Å². The fourth-order valence-corrected chi connectivity index (χ4v) is 4.54.